The minimum atomic E-state index is -0.707. The summed E-state index contributed by atoms with van der Waals surface area (Å²) in [5.41, 5.74) is -0.440. The van der Waals surface area contributed by atoms with Gasteiger partial charge < -0.3 is 5.32 Å². The summed E-state index contributed by atoms with van der Waals surface area (Å²) >= 11 is 0. The number of benzene rings is 1. The summed E-state index contributed by atoms with van der Waals surface area (Å²) in [6.45, 7) is 5.39. The number of halogens is 1. The quantitative estimate of drug-likeness (QED) is 0.675. The highest BCUT2D eigenvalue weighted by atomic mass is 19.1. The standard InChI is InChI=1S/C13H15FN2O3/c1-7-4-8(16(18)19)5-9(11(7)14)12(17)15-10-6-13(10,2)3/h4-5,10H,6H2,1-3H3,(H,15,17). The molecule has 1 atom stereocenters. The van der Waals surface area contributed by atoms with Crippen molar-refractivity contribution in [1.29, 1.82) is 0 Å². The molecule has 0 radical (unpaired) electrons. The summed E-state index contributed by atoms with van der Waals surface area (Å²) in [5.74, 6) is -1.30. The van der Waals surface area contributed by atoms with Gasteiger partial charge in [0, 0.05) is 18.2 Å². The van der Waals surface area contributed by atoms with Crippen LogP contribution in [0.15, 0.2) is 12.1 Å². The van der Waals surface area contributed by atoms with E-state index in [1.54, 1.807) is 0 Å². The Labute approximate surface area is 110 Å². The second-order valence-corrected chi connectivity index (χ2v) is 5.60. The zero-order valence-electron chi connectivity index (χ0n) is 11.0. The summed E-state index contributed by atoms with van der Waals surface area (Å²) in [6, 6.07) is 2.10. The predicted molar refractivity (Wildman–Crippen MR) is 67.4 cm³/mol. The monoisotopic (exact) mass is 266 g/mol. The maximum absolute atomic E-state index is 13.9. The molecule has 1 N–H and O–H groups in total. The zero-order valence-corrected chi connectivity index (χ0v) is 11.0. The fourth-order valence-corrected chi connectivity index (χ4v) is 1.97. The predicted octanol–water partition coefficient (Wildman–Crippen LogP) is 2.57. The van der Waals surface area contributed by atoms with Crippen LogP contribution in [0.1, 0.15) is 36.2 Å². The van der Waals surface area contributed by atoms with Crippen LogP contribution in [-0.2, 0) is 0 Å². The first-order valence-electron chi connectivity index (χ1n) is 5.98. The molecule has 0 saturated heterocycles. The van der Waals surface area contributed by atoms with Gasteiger partial charge in [-0.25, -0.2) is 4.39 Å². The molecule has 0 aromatic heterocycles. The average Bonchev–Trinajstić information content (AvgIpc) is 2.89. The second kappa shape index (κ2) is 4.29. The highest BCUT2D eigenvalue weighted by Gasteiger charge is 2.46. The molecule has 1 aliphatic rings. The van der Waals surface area contributed by atoms with Gasteiger partial charge in [0.05, 0.1) is 10.5 Å². The van der Waals surface area contributed by atoms with Gasteiger partial charge in [0.2, 0.25) is 0 Å². The third-order valence-corrected chi connectivity index (χ3v) is 3.51. The Morgan fingerprint density at radius 1 is 1.53 bits per heavy atom. The summed E-state index contributed by atoms with van der Waals surface area (Å²) in [4.78, 5) is 22.1. The van der Waals surface area contributed by atoms with Crippen LogP contribution in [0.5, 0.6) is 0 Å². The van der Waals surface area contributed by atoms with Crippen LogP contribution in [0.3, 0.4) is 0 Å². The molecule has 2 rings (SSSR count). The van der Waals surface area contributed by atoms with Gasteiger partial charge >= 0.3 is 0 Å². The van der Waals surface area contributed by atoms with Gasteiger partial charge in [0.25, 0.3) is 11.6 Å². The zero-order chi connectivity index (χ0) is 14.4. The summed E-state index contributed by atoms with van der Waals surface area (Å²) in [5, 5.41) is 13.4. The van der Waals surface area contributed by atoms with E-state index < -0.39 is 16.6 Å². The van der Waals surface area contributed by atoms with Crippen LogP contribution in [0.4, 0.5) is 10.1 Å². The van der Waals surface area contributed by atoms with E-state index in [9.17, 15) is 19.3 Å². The van der Waals surface area contributed by atoms with E-state index >= 15 is 0 Å². The molecule has 1 fully saturated rings. The first-order chi connectivity index (χ1) is 8.72. The second-order valence-electron chi connectivity index (χ2n) is 5.60. The molecular formula is C13H15FN2O3. The third kappa shape index (κ3) is 2.57. The van der Waals surface area contributed by atoms with Crippen molar-refractivity contribution in [3.63, 3.8) is 0 Å². The first kappa shape index (κ1) is 13.5. The van der Waals surface area contributed by atoms with E-state index in [-0.39, 0.29) is 28.3 Å². The smallest absolute Gasteiger partial charge is 0.270 e. The molecule has 1 amide bonds. The molecule has 1 aromatic carbocycles. The van der Waals surface area contributed by atoms with Crippen LogP contribution in [-0.4, -0.2) is 16.9 Å². The normalized spacial score (nSPS) is 19.9. The Morgan fingerprint density at radius 2 is 2.11 bits per heavy atom. The number of hydrogen-bond donors (Lipinski definition) is 1. The summed E-state index contributed by atoms with van der Waals surface area (Å²) in [6.07, 6.45) is 0.828. The number of nitrogens with zero attached hydrogens (tertiary/aromatic N) is 1. The van der Waals surface area contributed by atoms with Crippen molar-refractivity contribution in [2.24, 2.45) is 5.41 Å². The molecule has 0 aliphatic heterocycles. The Bertz CT molecular complexity index is 569. The van der Waals surface area contributed by atoms with E-state index in [0.29, 0.717) is 0 Å². The van der Waals surface area contributed by atoms with E-state index in [1.165, 1.54) is 6.92 Å². The molecule has 1 aromatic rings. The van der Waals surface area contributed by atoms with E-state index in [0.717, 1.165) is 18.6 Å². The molecule has 5 nitrogen and oxygen atoms in total. The first-order valence-corrected chi connectivity index (χ1v) is 5.98. The molecule has 1 aliphatic carbocycles. The number of carbonyl (C=O) groups excluding carboxylic acids is 1. The highest BCUT2D eigenvalue weighted by Crippen LogP contribution is 2.44. The van der Waals surface area contributed by atoms with Crippen molar-refractivity contribution in [1.82, 2.24) is 5.32 Å². The van der Waals surface area contributed by atoms with Crippen molar-refractivity contribution >= 4 is 11.6 Å². The number of hydrogen-bond acceptors (Lipinski definition) is 3. The Morgan fingerprint density at radius 3 is 2.58 bits per heavy atom. The van der Waals surface area contributed by atoms with Crippen molar-refractivity contribution in [3.8, 4) is 0 Å². The van der Waals surface area contributed by atoms with Gasteiger partial charge in [0.15, 0.2) is 0 Å². The molecule has 6 heteroatoms. The minimum absolute atomic E-state index is 0.000955. The summed E-state index contributed by atoms with van der Waals surface area (Å²) in [7, 11) is 0. The lowest BCUT2D eigenvalue weighted by Gasteiger charge is -2.09. The molecule has 19 heavy (non-hydrogen) atoms. The van der Waals surface area contributed by atoms with Crippen LogP contribution < -0.4 is 5.32 Å². The number of rotatable bonds is 3. The van der Waals surface area contributed by atoms with Crippen LogP contribution in [0.2, 0.25) is 0 Å². The van der Waals surface area contributed by atoms with E-state index in [1.807, 2.05) is 13.8 Å². The number of nitrogens with one attached hydrogen (secondary N) is 1. The van der Waals surface area contributed by atoms with Gasteiger partial charge in [-0.1, -0.05) is 13.8 Å². The number of nitro benzene ring substituents is 1. The van der Waals surface area contributed by atoms with Gasteiger partial charge in [-0.05, 0) is 24.3 Å². The Kier molecular flexibility index (Phi) is 3.04. The third-order valence-electron chi connectivity index (χ3n) is 3.51. The SMILES string of the molecule is Cc1cc([N+](=O)[O-])cc(C(=O)NC2CC2(C)C)c1F. The number of aryl methyl sites for hydroxylation is 1. The molecule has 0 spiro atoms. The maximum atomic E-state index is 13.9. The maximum Gasteiger partial charge on any atom is 0.270 e. The Hall–Kier alpha value is -1.98. The van der Waals surface area contributed by atoms with Crippen LogP contribution in [0.25, 0.3) is 0 Å². The summed E-state index contributed by atoms with van der Waals surface area (Å²) < 4.78 is 13.9. The van der Waals surface area contributed by atoms with Crippen molar-refractivity contribution in [3.05, 3.63) is 39.2 Å². The fraction of sp³-hybridized carbons (Fsp3) is 0.462. The number of amides is 1. The molecular weight excluding hydrogens is 251 g/mol. The number of carbonyl (C=O) groups is 1. The highest BCUT2D eigenvalue weighted by molar-refractivity contribution is 5.95. The topological polar surface area (TPSA) is 72.2 Å². The van der Waals surface area contributed by atoms with Crippen LogP contribution >= 0.6 is 0 Å². The molecule has 1 unspecified atom stereocenters. The fourth-order valence-electron chi connectivity index (χ4n) is 1.97. The average molecular weight is 266 g/mol. The van der Waals surface area contributed by atoms with Gasteiger partial charge in [0.1, 0.15) is 5.82 Å². The van der Waals surface area contributed by atoms with E-state index in [4.69, 9.17) is 0 Å². The lowest BCUT2D eigenvalue weighted by atomic mass is 10.1. The molecule has 0 heterocycles. The number of nitro groups is 1. The van der Waals surface area contributed by atoms with Crippen LogP contribution in [0, 0.1) is 28.3 Å². The van der Waals surface area contributed by atoms with Gasteiger partial charge in [-0.3, -0.25) is 14.9 Å². The minimum Gasteiger partial charge on any atom is -0.349 e. The lowest BCUT2D eigenvalue weighted by molar-refractivity contribution is -0.385. The Balaban J connectivity index is 2.28. The number of non-ortho nitro benzene ring substituents is 1. The van der Waals surface area contributed by atoms with E-state index in [2.05, 4.69) is 5.32 Å². The largest absolute Gasteiger partial charge is 0.349 e. The van der Waals surface area contributed by atoms with Crippen molar-refractivity contribution in [2.45, 2.75) is 33.2 Å². The van der Waals surface area contributed by atoms with Gasteiger partial charge in [-0.2, -0.15) is 0 Å². The molecule has 0 bridgehead atoms. The molecule has 102 valence electrons. The lowest BCUT2D eigenvalue weighted by Crippen LogP contribution is -2.29. The van der Waals surface area contributed by atoms with Gasteiger partial charge in [-0.15, -0.1) is 0 Å². The van der Waals surface area contributed by atoms with Crippen molar-refractivity contribution in [2.75, 3.05) is 0 Å². The van der Waals surface area contributed by atoms with Crippen molar-refractivity contribution < 1.29 is 14.1 Å². The molecule has 1 saturated carbocycles.